The molecule has 0 spiro atoms. The molecule has 1 aromatic heterocycles. The van der Waals surface area contributed by atoms with Crippen LogP contribution in [-0.4, -0.2) is 24.1 Å². The first kappa shape index (κ1) is 12.6. The van der Waals surface area contributed by atoms with Crippen LogP contribution in [-0.2, 0) is 9.53 Å². The molecule has 0 aromatic carbocycles. The first-order valence-corrected chi connectivity index (χ1v) is 5.14. The van der Waals surface area contributed by atoms with Crippen molar-refractivity contribution < 1.29 is 13.9 Å². The highest BCUT2D eigenvalue weighted by molar-refractivity contribution is 5.71. The highest BCUT2D eigenvalue weighted by atomic mass is 19.1. The van der Waals surface area contributed by atoms with Crippen molar-refractivity contribution in [1.29, 1.82) is 0 Å². The summed E-state index contributed by atoms with van der Waals surface area (Å²) in [5, 5.41) is 2.94. The van der Waals surface area contributed by atoms with Crippen molar-refractivity contribution in [2.45, 2.75) is 19.9 Å². The van der Waals surface area contributed by atoms with Crippen molar-refractivity contribution in [3.63, 3.8) is 0 Å². The molecule has 0 aliphatic rings. The Balaban J connectivity index is 2.43. The summed E-state index contributed by atoms with van der Waals surface area (Å²) in [6.45, 7) is 4.08. The number of ether oxygens (including phenoxy) is 1. The van der Waals surface area contributed by atoms with Gasteiger partial charge in [-0.2, -0.15) is 0 Å². The lowest BCUT2D eigenvalue weighted by Gasteiger charge is -2.12. The van der Waals surface area contributed by atoms with Gasteiger partial charge in [0.25, 0.3) is 0 Å². The number of esters is 1. The maximum atomic E-state index is 12.6. The van der Waals surface area contributed by atoms with Crippen LogP contribution in [0.25, 0.3) is 0 Å². The molecule has 0 saturated heterocycles. The molecule has 1 heterocycles. The lowest BCUT2D eigenvalue weighted by molar-refractivity contribution is -0.142. The second kappa shape index (κ2) is 6.17. The van der Waals surface area contributed by atoms with Crippen molar-refractivity contribution in [3.05, 3.63) is 29.8 Å². The minimum atomic E-state index is -0.374. The topological polar surface area (TPSA) is 51.2 Å². The molecule has 0 saturated carbocycles. The second-order valence-corrected chi connectivity index (χ2v) is 3.31. The molecule has 0 fully saturated rings. The molecule has 1 aromatic rings. The van der Waals surface area contributed by atoms with Crippen LogP contribution in [0.15, 0.2) is 18.3 Å². The minimum Gasteiger partial charge on any atom is -0.465 e. The number of carbonyl (C=O) groups excluding carboxylic acids is 1. The van der Waals surface area contributed by atoms with Crippen molar-refractivity contribution in [3.8, 4) is 0 Å². The molecule has 5 heteroatoms. The molecule has 88 valence electrons. The summed E-state index contributed by atoms with van der Waals surface area (Å²) in [6, 6.07) is 2.80. The van der Waals surface area contributed by atoms with E-state index in [4.69, 9.17) is 4.74 Å². The van der Waals surface area contributed by atoms with Crippen LogP contribution in [0.3, 0.4) is 0 Å². The van der Waals surface area contributed by atoms with E-state index >= 15 is 0 Å². The fourth-order valence-corrected chi connectivity index (χ4v) is 1.20. The zero-order valence-electron chi connectivity index (χ0n) is 9.37. The SMILES string of the molecule is CCOC(=O)CNC(C)c1ccc(F)cn1. The molecule has 1 N–H and O–H groups in total. The van der Waals surface area contributed by atoms with Gasteiger partial charge in [-0.05, 0) is 26.0 Å². The average molecular weight is 226 g/mol. The van der Waals surface area contributed by atoms with Gasteiger partial charge >= 0.3 is 5.97 Å². The summed E-state index contributed by atoms with van der Waals surface area (Å²) < 4.78 is 17.4. The van der Waals surface area contributed by atoms with Crippen LogP contribution in [0, 0.1) is 5.82 Å². The molecule has 16 heavy (non-hydrogen) atoms. The quantitative estimate of drug-likeness (QED) is 0.772. The van der Waals surface area contributed by atoms with Gasteiger partial charge in [0.1, 0.15) is 5.82 Å². The van der Waals surface area contributed by atoms with Gasteiger partial charge in [-0.3, -0.25) is 15.1 Å². The minimum absolute atomic E-state index is 0.119. The van der Waals surface area contributed by atoms with Gasteiger partial charge in [0.15, 0.2) is 0 Å². The van der Waals surface area contributed by atoms with E-state index in [-0.39, 0.29) is 24.4 Å². The van der Waals surface area contributed by atoms with Gasteiger partial charge in [-0.25, -0.2) is 4.39 Å². The van der Waals surface area contributed by atoms with E-state index in [0.29, 0.717) is 12.3 Å². The van der Waals surface area contributed by atoms with Crippen molar-refractivity contribution in [1.82, 2.24) is 10.3 Å². The molecule has 0 aliphatic carbocycles. The number of rotatable bonds is 5. The Bertz CT molecular complexity index is 340. The lowest BCUT2D eigenvalue weighted by Crippen LogP contribution is -2.27. The summed E-state index contributed by atoms with van der Waals surface area (Å²) >= 11 is 0. The summed E-state index contributed by atoms with van der Waals surface area (Å²) in [4.78, 5) is 15.0. The third kappa shape index (κ3) is 3.94. The summed E-state index contributed by atoms with van der Waals surface area (Å²) in [5.74, 6) is -0.683. The number of halogens is 1. The first-order valence-electron chi connectivity index (χ1n) is 5.14. The first-order chi connectivity index (χ1) is 7.63. The van der Waals surface area contributed by atoms with E-state index < -0.39 is 0 Å². The Kier molecular flexibility index (Phi) is 4.85. The van der Waals surface area contributed by atoms with Gasteiger partial charge in [0, 0.05) is 6.04 Å². The molecule has 0 bridgehead atoms. The van der Waals surface area contributed by atoms with E-state index in [2.05, 4.69) is 10.3 Å². The van der Waals surface area contributed by atoms with Crippen LogP contribution in [0.4, 0.5) is 4.39 Å². The van der Waals surface area contributed by atoms with Gasteiger partial charge in [-0.1, -0.05) is 0 Å². The van der Waals surface area contributed by atoms with E-state index in [9.17, 15) is 9.18 Å². The predicted octanol–water partition coefficient (Wildman–Crippen LogP) is 1.43. The number of nitrogens with one attached hydrogen (secondary N) is 1. The van der Waals surface area contributed by atoms with Crippen LogP contribution in [0.5, 0.6) is 0 Å². The predicted molar refractivity (Wildman–Crippen MR) is 57.2 cm³/mol. The van der Waals surface area contributed by atoms with Gasteiger partial charge < -0.3 is 4.74 Å². The van der Waals surface area contributed by atoms with E-state index in [0.717, 1.165) is 6.20 Å². The molecular weight excluding hydrogens is 211 g/mol. The molecule has 0 radical (unpaired) electrons. The van der Waals surface area contributed by atoms with Crippen LogP contribution >= 0.6 is 0 Å². The highest BCUT2D eigenvalue weighted by Gasteiger charge is 2.09. The molecule has 1 atom stereocenters. The summed E-state index contributed by atoms with van der Waals surface area (Å²) in [6.07, 6.45) is 1.15. The molecule has 4 nitrogen and oxygen atoms in total. The summed E-state index contributed by atoms with van der Waals surface area (Å²) in [7, 11) is 0. The maximum absolute atomic E-state index is 12.6. The molecule has 0 aliphatic heterocycles. The van der Waals surface area contributed by atoms with Crippen LogP contribution in [0.2, 0.25) is 0 Å². The van der Waals surface area contributed by atoms with E-state index in [1.807, 2.05) is 6.92 Å². The van der Waals surface area contributed by atoms with Crippen molar-refractivity contribution >= 4 is 5.97 Å². The van der Waals surface area contributed by atoms with Crippen LogP contribution in [0.1, 0.15) is 25.6 Å². The average Bonchev–Trinajstić information content (AvgIpc) is 2.27. The fraction of sp³-hybridized carbons (Fsp3) is 0.455. The summed E-state index contributed by atoms with van der Waals surface area (Å²) in [5.41, 5.74) is 0.686. The van der Waals surface area contributed by atoms with Crippen molar-refractivity contribution in [2.75, 3.05) is 13.2 Å². The zero-order valence-corrected chi connectivity index (χ0v) is 9.37. The van der Waals surface area contributed by atoms with Crippen molar-refractivity contribution in [2.24, 2.45) is 0 Å². The zero-order chi connectivity index (χ0) is 12.0. The third-order valence-corrected chi connectivity index (χ3v) is 2.05. The van der Waals surface area contributed by atoms with E-state index in [1.165, 1.54) is 6.07 Å². The smallest absolute Gasteiger partial charge is 0.319 e. The highest BCUT2D eigenvalue weighted by Crippen LogP contribution is 2.08. The fourth-order valence-electron chi connectivity index (χ4n) is 1.20. The Hall–Kier alpha value is -1.49. The number of carbonyl (C=O) groups is 1. The standard InChI is InChI=1S/C11H15FN2O2/c1-3-16-11(15)7-13-8(2)10-5-4-9(12)6-14-10/h4-6,8,13H,3,7H2,1-2H3. The Morgan fingerprint density at radius 3 is 2.94 bits per heavy atom. The Morgan fingerprint density at radius 1 is 1.62 bits per heavy atom. The molecular formula is C11H15FN2O2. The van der Waals surface area contributed by atoms with E-state index in [1.54, 1.807) is 13.0 Å². The monoisotopic (exact) mass is 226 g/mol. The maximum Gasteiger partial charge on any atom is 0.319 e. The Labute approximate surface area is 93.8 Å². The number of aromatic nitrogens is 1. The normalized spacial score (nSPS) is 12.2. The largest absolute Gasteiger partial charge is 0.465 e. The Morgan fingerprint density at radius 2 is 2.38 bits per heavy atom. The number of pyridine rings is 1. The third-order valence-electron chi connectivity index (χ3n) is 2.05. The molecule has 1 unspecified atom stereocenters. The number of nitrogens with zero attached hydrogens (tertiary/aromatic N) is 1. The lowest BCUT2D eigenvalue weighted by atomic mass is 10.2. The van der Waals surface area contributed by atoms with Gasteiger partial charge in [0.2, 0.25) is 0 Å². The second-order valence-electron chi connectivity index (χ2n) is 3.31. The number of hydrogen-bond donors (Lipinski definition) is 1. The number of hydrogen-bond acceptors (Lipinski definition) is 4. The van der Waals surface area contributed by atoms with Crippen LogP contribution < -0.4 is 5.32 Å². The van der Waals surface area contributed by atoms with Gasteiger partial charge in [0.05, 0.1) is 25.0 Å². The molecule has 0 amide bonds. The molecule has 1 rings (SSSR count). The van der Waals surface area contributed by atoms with Gasteiger partial charge in [-0.15, -0.1) is 0 Å².